The zero-order valence-electron chi connectivity index (χ0n) is 12.1. The normalized spacial score (nSPS) is 26.1. The lowest BCUT2D eigenvalue weighted by Gasteiger charge is -2.45. The summed E-state index contributed by atoms with van der Waals surface area (Å²) in [5.41, 5.74) is 8.07. The molecular weight excluding hydrogens is 266 g/mol. The Kier molecular flexibility index (Phi) is 3.92. The molecule has 2 heterocycles. The summed E-state index contributed by atoms with van der Waals surface area (Å²) in [7, 11) is 0. The molecule has 0 aromatic carbocycles. The van der Waals surface area contributed by atoms with E-state index in [1.807, 2.05) is 12.3 Å². The highest BCUT2D eigenvalue weighted by Crippen LogP contribution is 2.38. The van der Waals surface area contributed by atoms with Crippen LogP contribution in [0.2, 0.25) is 0 Å². The molecule has 2 aliphatic rings. The van der Waals surface area contributed by atoms with Crippen LogP contribution in [0.5, 0.6) is 0 Å². The number of hydrogen-bond donors (Lipinski definition) is 1. The summed E-state index contributed by atoms with van der Waals surface area (Å²) in [5.74, 6) is 1.85. The van der Waals surface area contributed by atoms with Gasteiger partial charge in [-0.15, -0.1) is 0 Å². The van der Waals surface area contributed by atoms with Gasteiger partial charge in [0, 0.05) is 18.8 Å². The highest BCUT2D eigenvalue weighted by molar-refractivity contribution is 7.80. The molecule has 0 radical (unpaired) electrons. The topological polar surface area (TPSA) is 42.2 Å². The van der Waals surface area contributed by atoms with Crippen molar-refractivity contribution in [3.63, 3.8) is 0 Å². The first kappa shape index (κ1) is 13.8. The van der Waals surface area contributed by atoms with Crippen LogP contribution in [0.15, 0.2) is 12.3 Å². The number of hydrogen-bond acceptors (Lipinski definition) is 3. The Balaban J connectivity index is 1.99. The summed E-state index contributed by atoms with van der Waals surface area (Å²) in [6, 6.07) is 2.64. The molecule has 0 bridgehead atoms. The minimum Gasteiger partial charge on any atom is -0.389 e. The van der Waals surface area contributed by atoms with Crippen LogP contribution in [0.3, 0.4) is 0 Å². The minimum atomic E-state index is 0.475. The van der Waals surface area contributed by atoms with Gasteiger partial charge in [0.25, 0.3) is 0 Å². The van der Waals surface area contributed by atoms with Gasteiger partial charge < -0.3 is 10.6 Å². The molecule has 1 aromatic rings. The Morgan fingerprint density at radius 1 is 1.30 bits per heavy atom. The van der Waals surface area contributed by atoms with Crippen molar-refractivity contribution in [3.05, 3.63) is 23.4 Å². The van der Waals surface area contributed by atoms with Crippen LogP contribution in [0.1, 0.15) is 49.7 Å². The van der Waals surface area contributed by atoms with E-state index in [1.165, 1.54) is 38.5 Å². The van der Waals surface area contributed by atoms with Crippen LogP contribution < -0.4 is 10.6 Å². The monoisotopic (exact) mass is 289 g/mol. The molecule has 1 aliphatic heterocycles. The maximum absolute atomic E-state index is 5.95. The summed E-state index contributed by atoms with van der Waals surface area (Å²) in [6.45, 7) is 3.16. The quantitative estimate of drug-likeness (QED) is 0.849. The van der Waals surface area contributed by atoms with Crippen LogP contribution in [-0.2, 0) is 0 Å². The molecule has 20 heavy (non-hydrogen) atoms. The second kappa shape index (κ2) is 5.68. The molecule has 1 saturated carbocycles. The van der Waals surface area contributed by atoms with Gasteiger partial charge in [0.05, 0.1) is 5.56 Å². The lowest BCUT2D eigenvalue weighted by molar-refractivity contribution is 0.242. The molecule has 2 atom stereocenters. The van der Waals surface area contributed by atoms with Crippen molar-refractivity contribution in [2.75, 3.05) is 11.4 Å². The van der Waals surface area contributed by atoms with Crippen molar-refractivity contribution in [1.82, 2.24) is 4.98 Å². The lowest BCUT2D eigenvalue weighted by atomic mass is 9.78. The van der Waals surface area contributed by atoms with Crippen LogP contribution in [0, 0.1) is 12.8 Å². The number of pyridine rings is 1. The van der Waals surface area contributed by atoms with Crippen LogP contribution in [0.25, 0.3) is 0 Å². The van der Waals surface area contributed by atoms with Gasteiger partial charge in [-0.05, 0) is 50.2 Å². The fourth-order valence-corrected chi connectivity index (χ4v) is 4.21. The third-order valence-electron chi connectivity index (χ3n) is 4.90. The number of anilines is 1. The first-order chi connectivity index (χ1) is 9.68. The number of thiocarbonyl (C=S) groups is 1. The Morgan fingerprint density at radius 3 is 2.85 bits per heavy atom. The number of nitrogens with two attached hydrogens (primary N) is 1. The van der Waals surface area contributed by atoms with Gasteiger partial charge in [-0.25, -0.2) is 4.98 Å². The second-order valence-electron chi connectivity index (χ2n) is 6.14. The summed E-state index contributed by atoms with van der Waals surface area (Å²) < 4.78 is 0. The Bertz CT molecular complexity index is 512. The van der Waals surface area contributed by atoms with Gasteiger partial charge in [0.1, 0.15) is 10.8 Å². The van der Waals surface area contributed by atoms with E-state index < -0.39 is 0 Å². The largest absolute Gasteiger partial charge is 0.389 e. The summed E-state index contributed by atoms with van der Waals surface area (Å²) in [5, 5.41) is 0. The maximum atomic E-state index is 5.95. The van der Waals surface area contributed by atoms with E-state index in [1.54, 1.807) is 0 Å². The third kappa shape index (κ3) is 2.41. The van der Waals surface area contributed by atoms with E-state index in [2.05, 4.69) is 16.8 Å². The Hall–Kier alpha value is -1.16. The Morgan fingerprint density at radius 2 is 2.05 bits per heavy atom. The summed E-state index contributed by atoms with van der Waals surface area (Å²) in [6.07, 6.45) is 9.90. The van der Waals surface area contributed by atoms with E-state index in [9.17, 15) is 0 Å². The van der Waals surface area contributed by atoms with Crippen LogP contribution in [-0.4, -0.2) is 22.6 Å². The van der Waals surface area contributed by atoms with Crippen LogP contribution in [0.4, 0.5) is 5.82 Å². The molecule has 0 spiro atoms. The first-order valence-electron chi connectivity index (χ1n) is 7.70. The number of fused-ring (bicyclic) bond motifs is 1. The number of rotatable bonds is 2. The van der Waals surface area contributed by atoms with Crippen LogP contribution >= 0.6 is 12.2 Å². The highest BCUT2D eigenvalue weighted by Gasteiger charge is 2.35. The number of nitrogens with zero attached hydrogens (tertiary/aromatic N) is 2. The molecule has 2 fully saturated rings. The van der Waals surface area contributed by atoms with Crippen molar-refractivity contribution in [2.24, 2.45) is 11.7 Å². The first-order valence-corrected chi connectivity index (χ1v) is 8.11. The smallest absolute Gasteiger partial charge is 0.139 e. The number of piperidine rings is 1. The molecule has 3 rings (SSSR count). The van der Waals surface area contributed by atoms with Crippen molar-refractivity contribution in [1.29, 1.82) is 0 Å². The minimum absolute atomic E-state index is 0.475. The average molecular weight is 289 g/mol. The predicted octanol–water partition coefficient (Wildman–Crippen LogP) is 3.18. The average Bonchev–Trinajstić information content (AvgIpc) is 2.46. The Labute approximate surface area is 126 Å². The SMILES string of the molecule is Cc1ccnc(N2CCCC3CCCCC32)c1C(N)=S. The van der Waals surface area contributed by atoms with E-state index >= 15 is 0 Å². The van der Waals surface area contributed by atoms with Crippen molar-refractivity contribution in [3.8, 4) is 0 Å². The summed E-state index contributed by atoms with van der Waals surface area (Å²) >= 11 is 5.26. The number of aryl methyl sites for hydroxylation is 1. The van der Waals surface area contributed by atoms with Crippen molar-refractivity contribution in [2.45, 2.75) is 51.5 Å². The molecule has 2 N–H and O–H groups in total. The predicted molar refractivity (Wildman–Crippen MR) is 87.2 cm³/mol. The molecule has 1 saturated heterocycles. The zero-order valence-corrected chi connectivity index (χ0v) is 13.0. The molecule has 0 amide bonds. The molecule has 3 nitrogen and oxygen atoms in total. The van der Waals surface area contributed by atoms with Crippen molar-refractivity contribution >= 4 is 23.0 Å². The molecule has 2 unspecified atom stereocenters. The summed E-state index contributed by atoms with van der Waals surface area (Å²) in [4.78, 5) is 7.60. The molecule has 108 valence electrons. The van der Waals surface area contributed by atoms with Gasteiger partial charge in [0.15, 0.2) is 0 Å². The zero-order chi connectivity index (χ0) is 14.1. The number of aromatic nitrogens is 1. The van der Waals surface area contributed by atoms with Gasteiger partial charge in [-0.2, -0.15) is 0 Å². The molecule has 1 aliphatic carbocycles. The van der Waals surface area contributed by atoms with Gasteiger partial charge >= 0.3 is 0 Å². The van der Waals surface area contributed by atoms with Crippen molar-refractivity contribution < 1.29 is 0 Å². The van der Waals surface area contributed by atoms with Gasteiger partial charge in [-0.3, -0.25) is 0 Å². The maximum Gasteiger partial charge on any atom is 0.139 e. The molecule has 1 aromatic heterocycles. The fraction of sp³-hybridized carbons (Fsp3) is 0.625. The highest BCUT2D eigenvalue weighted by atomic mass is 32.1. The fourth-order valence-electron chi connectivity index (χ4n) is 3.95. The third-order valence-corrected chi connectivity index (χ3v) is 5.11. The molecule has 4 heteroatoms. The standard InChI is InChI=1S/C16H23N3S/c1-11-8-9-18-16(14(11)15(17)20)19-10-4-6-12-5-2-3-7-13(12)19/h8-9,12-13H,2-7,10H2,1H3,(H2,17,20). The van der Waals surface area contributed by atoms with E-state index in [0.29, 0.717) is 11.0 Å². The molecular formula is C16H23N3S. The van der Waals surface area contributed by atoms with Gasteiger partial charge in [0.2, 0.25) is 0 Å². The van der Waals surface area contributed by atoms with Gasteiger partial charge in [-0.1, -0.05) is 25.1 Å². The lowest BCUT2D eigenvalue weighted by Crippen LogP contribution is -2.48. The second-order valence-corrected chi connectivity index (χ2v) is 6.58. The van der Waals surface area contributed by atoms with E-state index in [-0.39, 0.29) is 0 Å². The van der Waals surface area contributed by atoms with E-state index in [4.69, 9.17) is 18.0 Å². The van der Waals surface area contributed by atoms with E-state index in [0.717, 1.165) is 29.4 Å².